The first-order valence-electron chi connectivity index (χ1n) is 14.9. The summed E-state index contributed by atoms with van der Waals surface area (Å²) in [6.07, 6.45) is 1.97. The molecule has 4 amide bonds. The van der Waals surface area contributed by atoms with Crippen molar-refractivity contribution in [3.63, 3.8) is 0 Å². The number of benzene rings is 2. The average Bonchev–Trinajstić information content (AvgIpc) is 3.51. The van der Waals surface area contributed by atoms with Gasteiger partial charge in [0, 0.05) is 25.2 Å². The molecule has 2 fully saturated rings. The highest BCUT2D eigenvalue weighted by Gasteiger charge is 2.49. The minimum absolute atomic E-state index is 0.139. The minimum Gasteiger partial charge on any atom is -0.444 e. The maximum atomic E-state index is 14.2. The minimum atomic E-state index is -0.844. The second-order valence-electron chi connectivity index (χ2n) is 13.8. The first-order valence-corrected chi connectivity index (χ1v) is 14.9. The van der Waals surface area contributed by atoms with Gasteiger partial charge in [0.1, 0.15) is 17.7 Å². The quantitative estimate of drug-likeness (QED) is 0.515. The van der Waals surface area contributed by atoms with E-state index in [0.717, 1.165) is 30.0 Å². The lowest BCUT2D eigenvalue weighted by atomic mass is 9.85. The molecule has 0 unspecified atom stereocenters. The van der Waals surface area contributed by atoms with Crippen molar-refractivity contribution in [2.45, 2.75) is 97.5 Å². The van der Waals surface area contributed by atoms with Crippen LogP contribution in [0, 0.1) is 11.3 Å². The third-order valence-corrected chi connectivity index (χ3v) is 8.52. The Hall–Kier alpha value is -3.62. The van der Waals surface area contributed by atoms with Gasteiger partial charge in [-0.1, -0.05) is 57.2 Å². The predicted octanol–water partition coefficient (Wildman–Crippen LogP) is 4.74. The van der Waals surface area contributed by atoms with Crippen LogP contribution in [0.1, 0.15) is 78.1 Å². The second kappa shape index (κ2) is 11.9. The number of ether oxygens (including phenoxy) is 1. The molecular formula is C33H46N4O5. The fourth-order valence-corrected chi connectivity index (χ4v) is 6.13. The molecule has 2 aliphatic rings. The van der Waals surface area contributed by atoms with Crippen molar-refractivity contribution in [1.29, 1.82) is 0 Å². The van der Waals surface area contributed by atoms with Crippen LogP contribution in [0.4, 0.5) is 4.79 Å². The number of nitrogens with zero attached hydrogens (tertiary/aromatic N) is 2. The van der Waals surface area contributed by atoms with Gasteiger partial charge in [-0.05, 0) is 75.1 Å². The highest BCUT2D eigenvalue weighted by Crippen LogP contribution is 2.39. The van der Waals surface area contributed by atoms with Gasteiger partial charge in [0.05, 0.1) is 6.04 Å². The molecule has 5 atom stereocenters. The van der Waals surface area contributed by atoms with E-state index < -0.39 is 35.1 Å². The topological polar surface area (TPSA) is 108 Å². The van der Waals surface area contributed by atoms with Gasteiger partial charge in [0.2, 0.25) is 11.8 Å². The van der Waals surface area contributed by atoms with Crippen LogP contribution in [0.5, 0.6) is 0 Å². The molecule has 0 bridgehead atoms. The smallest absolute Gasteiger partial charge is 0.410 e. The zero-order valence-corrected chi connectivity index (χ0v) is 26.2. The summed E-state index contributed by atoms with van der Waals surface area (Å²) < 4.78 is 5.42. The lowest BCUT2D eigenvalue weighted by Crippen LogP contribution is -2.60. The van der Waals surface area contributed by atoms with Gasteiger partial charge in [-0.25, -0.2) is 4.79 Å². The highest BCUT2D eigenvalue weighted by atomic mass is 16.6. The van der Waals surface area contributed by atoms with Gasteiger partial charge in [-0.3, -0.25) is 19.3 Å². The number of carbonyl (C=O) groups is 4. The van der Waals surface area contributed by atoms with Crippen LogP contribution in [-0.2, 0) is 14.3 Å². The van der Waals surface area contributed by atoms with Crippen LogP contribution in [-0.4, -0.2) is 77.0 Å². The van der Waals surface area contributed by atoms with E-state index in [1.54, 1.807) is 27.7 Å². The molecular weight excluding hydrogens is 532 g/mol. The SMILES string of the molecule is C[C@@H](C(=O)N[C@H](C(=O)N1CC[C@H]2CC[C@H](NC(=O)c3cccc4ccccc34)[C@H]21)C(C)(C)C)N(C)C(=O)OC(C)(C)C. The van der Waals surface area contributed by atoms with E-state index in [4.69, 9.17) is 4.74 Å². The van der Waals surface area contributed by atoms with E-state index in [0.29, 0.717) is 18.0 Å². The normalized spacial score (nSPS) is 21.8. The van der Waals surface area contributed by atoms with Gasteiger partial charge in [-0.15, -0.1) is 0 Å². The summed E-state index contributed by atoms with van der Waals surface area (Å²) in [5.74, 6) is -0.446. The Bertz CT molecular complexity index is 1340. The van der Waals surface area contributed by atoms with Gasteiger partial charge in [-0.2, -0.15) is 0 Å². The number of carbonyl (C=O) groups excluding carboxylic acids is 4. The molecule has 9 nitrogen and oxygen atoms in total. The third kappa shape index (κ3) is 6.71. The summed E-state index contributed by atoms with van der Waals surface area (Å²) in [5.41, 5.74) is -0.663. The van der Waals surface area contributed by atoms with E-state index in [1.807, 2.05) is 68.1 Å². The number of fused-ring (bicyclic) bond motifs is 2. The van der Waals surface area contributed by atoms with Gasteiger partial charge < -0.3 is 20.3 Å². The second-order valence-corrected chi connectivity index (χ2v) is 13.8. The van der Waals surface area contributed by atoms with Crippen LogP contribution in [0.15, 0.2) is 42.5 Å². The van der Waals surface area contributed by atoms with E-state index in [9.17, 15) is 19.2 Å². The fraction of sp³-hybridized carbons (Fsp3) is 0.576. The van der Waals surface area contributed by atoms with Crippen LogP contribution >= 0.6 is 0 Å². The zero-order chi connectivity index (χ0) is 31.0. The molecule has 1 aliphatic carbocycles. The number of likely N-dealkylation sites (tertiary alicyclic amines) is 1. The van der Waals surface area contributed by atoms with Crippen molar-refractivity contribution in [1.82, 2.24) is 20.4 Å². The molecule has 0 aromatic heterocycles. The lowest BCUT2D eigenvalue weighted by molar-refractivity contribution is -0.141. The molecule has 9 heteroatoms. The number of hydrogen-bond acceptors (Lipinski definition) is 5. The molecule has 228 valence electrons. The van der Waals surface area contributed by atoms with Crippen LogP contribution in [0.3, 0.4) is 0 Å². The first kappa shape index (κ1) is 31.3. The molecule has 42 heavy (non-hydrogen) atoms. The number of likely N-dealkylation sites (N-methyl/N-ethyl adjacent to an activating group) is 1. The number of amides is 4. The first-order chi connectivity index (χ1) is 19.6. The maximum absolute atomic E-state index is 14.2. The number of nitrogens with one attached hydrogen (secondary N) is 2. The lowest BCUT2D eigenvalue weighted by Gasteiger charge is -2.38. The summed E-state index contributed by atoms with van der Waals surface area (Å²) in [4.78, 5) is 56.7. The molecule has 4 rings (SSSR count). The van der Waals surface area contributed by atoms with Crippen molar-refractivity contribution < 1.29 is 23.9 Å². The maximum Gasteiger partial charge on any atom is 0.410 e. The molecule has 2 aromatic rings. The van der Waals surface area contributed by atoms with Crippen LogP contribution < -0.4 is 10.6 Å². The van der Waals surface area contributed by atoms with Gasteiger partial charge in [0.15, 0.2) is 0 Å². The number of hydrogen-bond donors (Lipinski definition) is 2. The largest absolute Gasteiger partial charge is 0.444 e. The van der Waals surface area contributed by atoms with E-state index in [-0.39, 0.29) is 23.9 Å². The molecule has 1 heterocycles. The summed E-state index contributed by atoms with van der Waals surface area (Å²) in [6.45, 7) is 13.2. The summed E-state index contributed by atoms with van der Waals surface area (Å²) in [5, 5.41) is 8.09. The van der Waals surface area contributed by atoms with Crippen molar-refractivity contribution in [2.75, 3.05) is 13.6 Å². The third-order valence-electron chi connectivity index (χ3n) is 8.52. The average molecular weight is 579 g/mol. The molecule has 1 aliphatic heterocycles. The van der Waals surface area contributed by atoms with Gasteiger partial charge >= 0.3 is 6.09 Å². The monoisotopic (exact) mass is 578 g/mol. The molecule has 0 spiro atoms. The Morgan fingerprint density at radius 1 is 0.952 bits per heavy atom. The Morgan fingerprint density at radius 2 is 1.62 bits per heavy atom. The molecule has 0 radical (unpaired) electrons. The van der Waals surface area contributed by atoms with E-state index in [1.165, 1.54) is 11.9 Å². The summed E-state index contributed by atoms with van der Waals surface area (Å²) >= 11 is 0. The van der Waals surface area contributed by atoms with Crippen molar-refractivity contribution in [3.05, 3.63) is 48.0 Å². The standard InChI is InChI=1S/C33H46N4O5/c1-20(36(8)31(41)42-33(5,6)7)28(38)35-27(32(2,3)4)30(40)37-19-18-22-16-17-25(26(22)37)34-29(39)24-15-11-13-21-12-9-10-14-23(21)24/h9-15,20,22,25-27H,16-19H2,1-8H3,(H,34,39)(H,35,38)/t20-,22+,25-,26-,27+/m0/s1. The van der Waals surface area contributed by atoms with Crippen LogP contribution in [0.25, 0.3) is 10.8 Å². The van der Waals surface area contributed by atoms with Gasteiger partial charge in [0.25, 0.3) is 5.91 Å². The molecule has 2 aromatic carbocycles. The summed E-state index contributed by atoms with van der Waals surface area (Å²) in [7, 11) is 1.51. The predicted molar refractivity (Wildman–Crippen MR) is 163 cm³/mol. The Kier molecular flexibility index (Phi) is 8.90. The Labute approximate surface area is 249 Å². The highest BCUT2D eigenvalue weighted by molar-refractivity contribution is 6.07. The van der Waals surface area contributed by atoms with Crippen molar-refractivity contribution in [2.24, 2.45) is 11.3 Å². The fourth-order valence-electron chi connectivity index (χ4n) is 6.13. The van der Waals surface area contributed by atoms with Crippen molar-refractivity contribution >= 4 is 34.6 Å². The van der Waals surface area contributed by atoms with E-state index >= 15 is 0 Å². The molecule has 1 saturated carbocycles. The Morgan fingerprint density at radius 3 is 2.29 bits per heavy atom. The summed E-state index contributed by atoms with van der Waals surface area (Å²) in [6, 6.07) is 11.6. The van der Waals surface area contributed by atoms with Crippen molar-refractivity contribution in [3.8, 4) is 0 Å². The Balaban J connectivity index is 1.49. The molecule has 2 N–H and O–H groups in total. The molecule has 1 saturated heterocycles. The van der Waals surface area contributed by atoms with Crippen LogP contribution in [0.2, 0.25) is 0 Å². The van der Waals surface area contributed by atoms with E-state index in [2.05, 4.69) is 10.6 Å². The zero-order valence-electron chi connectivity index (χ0n) is 26.2. The number of rotatable bonds is 6.